The summed E-state index contributed by atoms with van der Waals surface area (Å²) in [7, 11) is -4.32. The highest BCUT2D eigenvalue weighted by atomic mass is 32.2. The van der Waals surface area contributed by atoms with Crippen molar-refractivity contribution in [2.24, 2.45) is 5.14 Å². The van der Waals surface area contributed by atoms with Gasteiger partial charge in [-0.2, -0.15) is 0 Å². The number of benzene rings is 2. The molecule has 0 heterocycles. The van der Waals surface area contributed by atoms with Gasteiger partial charge in [0.25, 0.3) is 0 Å². The fraction of sp³-hybridized carbons (Fsp3) is 0.222. The number of unbranched alkanes of at least 4 members (excludes halogenated alkanes) is 1. The van der Waals surface area contributed by atoms with Gasteiger partial charge in [-0.05, 0) is 30.7 Å². The Balaban J connectivity index is 2.60. The average Bonchev–Trinajstić information content (AvgIpc) is 2.61. The van der Waals surface area contributed by atoms with Crippen molar-refractivity contribution in [1.29, 1.82) is 0 Å². The molecule has 2 aromatic rings. The number of amides is 1. The predicted octanol–water partition coefficient (Wildman–Crippen LogP) is 2.95. The van der Waals surface area contributed by atoms with Crippen molar-refractivity contribution in [2.45, 2.75) is 31.1 Å². The average molecular weight is 392 g/mol. The SMILES string of the molecule is CCCCC(=O)Nc1cc(C(=O)O)cc(S(N)(=O)=O)c1Oc1ccccc1. The molecular weight excluding hydrogens is 372 g/mol. The number of nitrogens with two attached hydrogens (primary N) is 1. The van der Waals surface area contributed by atoms with Crippen LogP contribution in [-0.4, -0.2) is 25.4 Å². The second-order valence-electron chi connectivity index (χ2n) is 5.77. The molecule has 0 radical (unpaired) electrons. The van der Waals surface area contributed by atoms with E-state index in [0.29, 0.717) is 12.2 Å². The fourth-order valence-electron chi connectivity index (χ4n) is 2.29. The van der Waals surface area contributed by atoms with Crippen LogP contribution < -0.4 is 15.2 Å². The predicted molar refractivity (Wildman–Crippen MR) is 99.4 cm³/mol. The lowest BCUT2D eigenvalue weighted by atomic mass is 10.1. The van der Waals surface area contributed by atoms with Gasteiger partial charge in [-0.15, -0.1) is 0 Å². The van der Waals surface area contributed by atoms with Crippen LogP contribution in [0.4, 0.5) is 5.69 Å². The number of hydrogen-bond acceptors (Lipinski definition) is 5. The molecule has 0 aromatic heterocycles. The van der Waals surface area contributed by atoms with Crippen LogP contribution in [0.3, 0.4) is 0 Å². The molecule has 0 saturated heterocycles. The van der Waals surface area contributed by atoms with Gasteiger partial charge in [0.05, 0.1) is 11.3 Å². The number of primary sulfonamides is 1. The number of carboxylic acid groups (broad SMARTS) is 1. The Hall–Kier alpha value is -2.91. The van der Waals surface area contributed by atoms with Crippen LogP contribution in [0.15, 0.2) is 47.4 Å². The van der Waals surface area contributed by atoms with Gasteiger partial charge >= 0.3 is 5.97 Å². The number of aromatic carboxylic acids is 1. The molecule has 0 unspecified atom stereocenters. The summed E-state index contributed by atoms with van der Waals surface area (Å²) in [4.78, 5) is 23.0. The number of sulfonamides is 1. The molecular formula is C18H20N2O6S. The number of carbonyl (C=O) groups excluding carboxylic acids is 1. The number of anilines is 1. The molecule has 27 heavy (non-hydrogen) atoms. The number of ether oxygens (including phenoxy) is 1. The van der Waals surface area contributed by atoms with Gasteiger partial charge in [-0.25, -0.2) is 18.4 Å². The van der Waals surface area contributed by atoms with Crippen LogP contribution in [0.25, 0.3) is 0 Å². The zero-order valence-corrected chi connectivity index (χ0v) is 15.5. The third kappa shape index (κ3) is 5.53. The Morgan fingerprint density at radius 3 is 2.41 bits per heavy atom. The van der Waals surface area contributed by atoms with E-state index in [1.165, 1.54) is 0 Å². The van der Waals surface area contributed by atoms with E-state index in [9.17, 15) is 23.1 Å². The third-order valence-electron chi connectivity index (χ3n) is 3.60. The molecule has 8 nitrogen and oxygen atoms in total. The summed E-state index contributed by atoms with van der Waals surface area (Å²) in [6, 6.07) is 10.3. The van der Waals surface area contributed by atoms with Crippen LogP contribution in [0.5, 0.6) is 11.5 Å². The Bertz CT molecular complexity index is 942. The number of carboxylic acids is 1. The van der Waals surface area contributed by atoms with Gasteiger partial charge in [0.1, 0.15) is 10.6 Å². The molecule has 0 aliphatic heterocycles. The highest BCUT2D eigenvalue weighted by Crippen LogP contribution is 2.37. The monoisotopic (exact) mass is 392 g/mol. The van der Waals surface area contributed by atoms with Gasteiger partial charge in [-0.1, -0.05) is 31.5 Å². The highest BCUT2D eigenvalue weighted by Gasteiger charge is 2.24. The fourth-order valence-corrected chi connectivity index (χ4v) is 2.99. The minimum Gasteiger partial charge on any atom is -0.478 e. The van der Waals surface area contributed by atoms with E-state index < -0.39 is 26.8 Å². The smallest absolute Gasteiger partial charge is 0.335 e. The number of rotatable bonds is 8. The minimum absolute atomic E-state index is 0.0797. The molecule has 2 rings (SSSR count). The largest absolute Gasteiger partial charge is 0.478 e. The van der Waals surface area contributed by atoms with E-state index in [1.807, 2.05) is 6.92 Å². The second-order valence-corrected chi connectivity index (χ2v) is 7.30. The lowest BCUT2D eigenvalue weighted by Crippen LogP contribution is -2.18. The number of carbonyl (C=O) groups is 2. The molecule has 0 saturated carbocycles. The molecule has 1 amide bonds. The normalized spacial score (nSPS) is 11.0. The quantitative estimate of drug-likeness (QED) is 0.632. The van der Waals surface area contributed by atoms with Crippen molar-refractivity contribution < 1.29 is 27.9 Å². The summed E-state index contributed by atoms with van der Waals surface area (Å²) in [5, 5.41) is 17.0. The summed E-state index contributed by atoms with van der Waals surface area (Å²) in [6.45, 7) is 1.92. The first kappa shape index (κ1) is 20.4. The number of hydrogen-bond donors (Lipinski definition) is 3. The Morgan fingerprint density at radius 1 is 1.19 bits per heavy atom. The molecule has 0 aliphatic carbocycles. The summed E-state index contributed by atoms with van der Waals surface area (Å²) < 4.78 is 29.7. The zero-order chi connectivity index (χ0) is 20.0. The topological polar surface area (TPSA) is 136 Å². The maximum Gasteiger partial charge on any atom is 0.335 e. The molecule has 0 aliphatic rings. The van der Waals surface area contributed by atoms with Crippen LogP contribution in [0, 0.1) is 0 Å². The Morgan fingerprint density at radius 2 is 1.85 bits per heavy atom. The zero-order valence-electron chi connectivity index (χ0n) is 14.6. The van der Waals surface area contributed by atoms with E-state index in [2.05, 4.69) is 5.32 Å². The Labute approximate surface area is 157 Å². The van der Waals surface area contributed by atoms with E-state index in [-0.39, 0.29) is 23.4 Å². The van der Waals surface area contributed by atoms with E-state index in [4.69, 9.17) is 9.88 Å². The molecule has 4 N–H and O–H groups in total. The lowest BCUT2D eigenvalue weighted by Gasteiger charge is -2.16. The number of para-hydroxylation sites is 1. The molecule has 0 atom stereocenters. The van der Waals surface area contributed by atoms with Gasteiger partial charge < -0.3 is 15.2 Å². The van der Waals surface area contributed by atoms with Crippen molar-refractivity contribution in [3.05, 3.63) is 48.0 Å². The van der Waals surface area contributed by atoms with E-state index >= 15 is 0 Å². The maximum absolute atomic E-state index is 12.1. The standard InChI is InChI=1S/C18H20N2O6S/c1-2-3-9-16(21)20-14-10-12(18(22)23)11-15(27(19,24)25)17(14)26-13-7-5-4-6-8-13/h4-8,10-11H,2-3,9H2,1H3,(H,20,21)(H,22,23)(H2,19,24,25). The number of nitrogens with one attached hydrogen (secondary N) is 1. The lowest BCUT2D eigenvalue weighted by molar-refractivity contribution is -0.116. The van der Waals surface area contributed by atoms with Crippen LogP contribution in [-0.2, 0) is 14.8 Å². The van der Waals surface area contributed by atoms with Gasteiger partial charge in [0.15, 0.2) is 5.75 Å². The highest BCUT2D eigenvalue weighted by molar-refractivity contribution is 7.89. The first-order valence-electron chi connectivity index (χ1n) is 8.19. The third-order valence-corrected chi connectivity index (χ3v) is 4.52. The maximum atomic E-state index is 12.1. The van der Waals surface area contributed by atoms with Crippen LogP contribution in [0.2, 0.25) is 0 Å². The van der Waals surface area contributed by atoms with Crippen molar-refractivity contribution in [3.8, 4) is 11.5 Å². The van der Waals surface area contributed by atoms with Crippen molar-refractivity contribution >= 4 is 27.6 Å². The summed E-state index contributed by atoms with van der Waals surface area (Å²) >= 11 is 0. The van der Waals surface area contributed by atoms with Crippen molar-refractivity contribution in [2.75, 3.05) is 5.32 Å². The first-order valence-corrected chi connectivity index (χ1v) is 9.74. The van der Waals surface area contributed by atoms with Gasteiger partial charge in [0.2, 0.25) is 15.9 Å². The van der Waals surface area contributed by atoms with Crippen molar-refractivity contribution in [1.82, 2.24) is 0 Å². The first-order chi connectivity index (χ1) is 12.7. The molecule has 0 bridgehead atoms. The summed E-state index contributed by atoms with van der Waals surface area (Å²) in [5.74, 6) is -1.69. The van der Waals surface area contributed by atoms with E-state index in [1.54, 1.807) is 30.3 Å². The summed E-state index contributed by atoms with van der Waals surface area (Å²) in [5.41, 5.74) is -0.422. The molecule has 0 spiro atoms. The molecule has 2 aromatic carbocycles. The second kappa shape index (κ2) is 8.65. The molecule has 0 fully saturated rings. The van der Waals surface area contributed by atoms with E-state index in [0.717, 1.165) is 18.6 Å². The summed E-state index contributed by atoms with van der Waals surface area (Å²) in [6.07, 6.45) is 1.61. The van der Waals surface area contributed by atoms with Crippen molar-refractivity contribution in [3.63, 3.8) is 0 Å². The van der Waals surface area contributed by atoms with Gasteiger partial charge in [0, 0.05) is 6.42 Å². The van der Waals surface area contributed by atoms with Gasteiger partial charge in [-0.3, -0.25) is 4.79 Å². The Kier molecular flexibility index (Phi) is 6.54. The molecule has 144 valence electrons. The van der Waals surface area contributed by atoms with Crippen LogP contribution >= 0.6 is 0 Å². The molecule has 9 heteroatoms. The minimum atomic E-state index is -4.32. The van der Waals surface area contributed by atoms with Crippen LogP contribution in [0.1, 0.15) is 36.5 Å².